The summed E-state index contributed by atoms with van der Waals surface area (Å²) in [4.78, 5) is 25.0. The molecule has 1 unspecified atom stereocenters. The van der Waals surface area contributed by atoms with E-state index in [9.17, 15) is 14.0 Å². The Kier molecular flexibility index (Phi) is 5.14. The number of rotatable bonds is 3. The molecule has 1 heterocycles. The molecule has 0 aromatic heterocycles. The van der Waals surface area contributed by atoms with Crippen LogP contribution in [0.15, 0.2) is 18.2 Å². The molecule has 7 heteroatoms. The van der Waals surface area contributed by atoms with Crippen molar-refractivity contribution in [2.24, 2.45) is 0 Å². The van der Waals surface area contributed by atoms with Crippen LogP contribution in [0, 0.1) is 5.82 Å². The predicted molar refractivity (Wildman–Crippen MR) is 73.7 cm³/mol. The number of carbonyl (C=O) groups excluding carboxylic acids is 2. The highest BCUT2D eigenvalue weighted by Crippen LogP contribution is 2.18. The number of esters is 1. The van der Waals surface area contributed by atoms with Gasteiger partial charge in [-0.25, -0.2) is 4.39 Å². The Morgan fingerprint density at radius 2 is 2.29 bits per heavy atom. The van der Waals surface area contributed by atoms with Gasteiger partial charge < -0.3 is 14.4 Å². The minimum atomic E-state index is -0.663. The summed E-state index contributed by atoms with van der Waals surface area (Å²) < 4.78 is 23.8. The molecule has 5 nitrogen and oxygen atoms in total. The zero-order chi connectivity index (χ0) is 15.4. The zero-order valence-corrected chi connectivity index (χ0v) is 12.2. The molecule has 21 heavy (non-hydrogen) atoms. The normalized spacial score (nSPS) is 18.4. The molecule has 1 aliphatic heterocycles. The number of amides is 1. The number of morpholine rings is 1. The van der Waals surface area contributed by atoms with Crippen LogP contribution in [0.25, 0.3) is 0 Å². The lowest BCUT2D eigenvalue weighted by molar-refractivity contribution is -0.145. The second-order valence-electron chi connectivity index (χ2n) is 4.65. The standard InChI is InChI=1S/C14H15ClFNO4/c1-20-13(18)7-10-8-17(4-5-21-10)14(19)11-3-2-9(15)6-12(11)16/h2-3,6,10H,4-5,7-8H2,1H3. The first-order valence-corrected chi connectivity index (χ1v) is 6.82. The van der Waals surface area contributed by atoms with Crippen molar-refractivity contribution < 1.29 is 23.5 Å². The fourth-order valence-electron chi connectivity index (χ4n) is 2.13. The number of hydrogen-bond donors (Lipinski definition) is 0. The van der Waals surface area contributed by atoms with Crippen LogP contribution in [0.1, 0.15) is 16.8 Å². The van der Waals surface area contributed by atoms with Gasteiger partial charge >= 0.3 is 5.97 Å². The van der Waals surface area contributed by atoms with Gasteiger partial charge in [-0.05, 0) is 18.2 Å². The molecule has 1 aliphatic rings. The SMILES string of the molecule is COC(=O)CC1CN(C(=O)c2ccc(Cl)cc2F)CCO1. The van der Waals surface area contributed by atoms with Crippen LogP contribution >= 0.6 is 11.6 Å². The summed E-state index contributed by atoms with van der Waals surface area (Å²) in [5.41, 5.74) is -0.0434. The maximum Gasteiger partial charge on any atom is 0.308 e. The summed E-state index contributed by atoms with van der Waals surface area (Å²) in [6.45, 7) is 0.858. The molecule has 0 spiro atoms. The van der Waals surface area contributed by atoms with Gasteiger partial charge in [-0.2, -0.15) is 0 Å². The Morgan fingerprint density at radius 3 is 2.95 bits per heavy atom. The van der Waals surface area contributed by atoms with Crippen molar-refractivity contribution in [1.82, 2.24) is 4.90 Å². The number of benzene rings is 1. The van der Waals surface area contributed by atoms with Crippen LogP contribution in [0.3, 0.4) is 0 Å². The lowest BCUT2D eigenvalue weighted by atomic mass is 10.1. The van der Waals surface area contributed by atoms with Crippen LogP contribution in [-0.2, 0) is 14.3 Å². The van der Waals surface area contributed by atoms with E-state index in [4.69, 9.17) is 16.3 Å². The first kappa shape index (κ1) is 15.7. The van der Waals surface area contributed by atoms with Crippen LogP contribution in [-0.4, -0.2) is 49.7 Å². The third kappa shape index (κ3) is 3.92. The molecule has 0 aliphatic carbocycles. The minimum Gasteiger partial charge on any atom is -0.469 e. The van der Waals surface area contributed by atoms with E-state index < -0.39 is 23.8 Å². The van der Waals surface area contributed by atoms with Crippen LogP contribution in [0.2, 0.25) is 5.02 Å². The van der Waals surface area contributed by atoms with Crippen molar-refractivity contribution in [3.8, 4) is 0 Å². The molecule has 2 rings (SSSR count). The molecule has 1 fully saturated rings. The summed E-state index contributed by atoms with van der Waals surface area (Å²) in [7, 11) is 1.29. The van der Waals surface area contributed by atoms with Gasteiger partial charge in [0.15, 0.2) is 0 Å². The van der Waals surface area contributed by atoms with Gasteiger partial charge in [-0.15, -0.1) is 0 Å². The highest BCUT2D eigenvalue weighted by Gasteiger charge is 2.28. The average Bonchev–Trinajstić information content (AvgIpc) is 2.47. The number of methoxy groups -OCH3 is 1. The second kappa shape index (κ2) is 6.87. The third-order valence-electron chi connectivity index (χ3n) is 3.21. The number of nitrogens with zero attached hydrogens (tertiary/aromatic N) is 1. The van der Waals surface area contributed by atoms with Crippen molar-refractivity contribution in [3.05, 3.63) is 34.6 Å². The highest BCUT2D eigenvalue weighted by molar-refractivity contribution is 6.30. The van der Waals surface area contributed by atoms with Crippen molar-refractivity contribution in [3.63, 3.8) is 0 Å². The molecule has 1 atom stereocenters. The van der Waals surface area contributed by atoms with Crippen LogP contribution in [0.4, 0.5) is 4.39 Å². The smallest absolute Gasteiger partial charge is 0.308 e. The summed E-state index contributed by atoms with van der Waals surface area (Å²) in [6, 6.07) is 3.91. The van der Waals surface area contributed by atoms with E-state index in [2.05, 4.69) is 4.74 Å². The van der Waals surface area contributed by atoms with Gasteiger partial charge in [0.2, 0.25) is 0 Å². The number of halogens is 2. The highest BCUT2D eigenvalue weighted by atomic mass is 35.5. The summed E-state index contributed by atoms with van der Waals surface area (Å²) >= 11 is 5.67. The van der Waals surface area contributed by atoms with E-state index in [1.165, 1.54) is 24.1 Å². The molecular weight excluding hydrogens is 301 g/mol. The van der Waals surface area contributed by atoms with Crippen LogP contribution in [0.5, 0.6) is 0 Å². The van der Waals surface area contributed by atoms with Gasteiger partial charge in [0.05, 0.1) is 31.8 Å². The van der Waals surface area contributed by atoms with Crippen molar-refractivity contribution in [2.45, 2.75) is 12.5 Å². The van der Waals surface area contributed by atoms with Gasteiger partial charge in [-0.1, -0.05) is 11.6 Å². The number of hydrogen-bond acceptors (Lipinski definition) is 4. The zero-order valence-electron chi connectivity index (χ0n) is 11.5. The molecule has 114 valence electrons. The summed E-state index contributed by atoms with van der Waals surface area (Å²) in [5, 5.41) is 0.231. The molecule has 1 aromatic carbocycles. The Bertz CT molecular complexity index is 552. The van der Waals surface area contributed by atoms with Crippen molar-refractivity contribution >= 4 is 23.5 Å². The first-order chi connectivity index (χ1) is 10.0. The van der Waals surface area contributed by atoms with E-state index in [0.29, 0.717) is 13.2 Å². The van der Waals surface area contributed by atoms with Crippen molar-refractivity contribution in [2.75, 3.05) is 26.8 Å². The molecular formula is C14H15ClFNO4. The van der Waals surface area contributed by atoms with Gasteiger partial charge in [-0.3, -0.25) is 9.59 Å². The molecule has 0 saturated carbocycles. The topological polar surface area (TPSA) is 55.8 Å². The predicted octanol–water partition coefficient (Wildman–Crippen LogP) is 1.88. The molecule has 1 aromatic rings. The van der Waals surface area contributed by atoms with E-state index in [1.54, 1.807) is 0 Å². The summed E-state index contributed by atoms with van der Waals surface area (Å²) in [5.74, 6) is -1.52. The number of carbonyl (C=O) groups is 2. The third-order valence-corrected chi connectivity index (χ3v) is 3.44. The van der Waals surface area contributed by atoms with Crippen LogP contribution < -0.4 is 0 Å². The maximum absolute atomic E-state index is 13.8. The molecule has 0 N–H and O–H groups in total. The van der Waals surface area contributed by atoms with Crippen molar-refractivity contribution in [1.29, 1.82) is 0 Å². The van der Waals surface area contributed by atoms with E-state index in [1.807, 2.05) is 0 Å². The van der Waals surface area contributed by atoms with E-state index in [0.717, 1.165) is 6.07 Å². The monoisotopic (exact) mass is 315 g/mol. The Morgan fingerprint density at radius 1 is 1.52 bits per heavy atom. The minimum absolute atomic E-state index is 0.0434. The van der Waals surface area contributed by atoms with Gasteiger partial charge in [0.25, 0.3) is 5.91 Å². The average molecular weight is 316 g/mol. The van der Waals surface area contributed by atoms with Gasteiger partial charge in [0, 0.05) is 18.1 Å². The Labute approximate surface area is 126 Å². The van der Waals surface area contributed by atoms with E-state index >= 15 is 0 Å². The lowest BCUT2D eigenvalue weighted by Crippen LogP contribution is -2.46. The maximum atomic E-state index is 13.8. The molecule has 1 saturated heterocycles. The fourth-order valence-corrected chi connectivity index (χ4v) is 2.29. The lowest BCUT2D eigenvalue weighted by Gasteiger charge is -2.32. The quantitative estimate of drug-likeness (QED) is 0.799. The summed E-state index contributed by atoms with van der Waals surface area (Å²) in [6.07, 6.45) is -0.380. The largest absolute Gasteiger partial charge is 0.469 e. The van der Waals surface area contributed by atoms with Gasteiger partial charge in [0.1, 0.15) is 5.82 Å². The molecule has 0 radical (unpaired) electrons. The first-order valence-electron chi connectivity index (χ1n) is 6.44. The molecule has 1 amide bonds. The Balaban J connectivity index is 2.06. The molecule has 0 bridgehead atoms. The second-order valence-corrected chi connectivity index (χ2v) is 5.08. The fraction of sp³-hybridized carbons (Fsp3) is 0.429. The number of ether oxygens (including phenoxy) is 2. The Hall–Kier alpha value is -1.66. The van der Waals surface area contributed by atoms with E-state index in [-0.39, 0.29) is 23.6 Å².